The molecular formula is C11H13BrN2. The van der Waals surface area contributed by atoms with Crippen LogP contribution in [0, 0.1) is 6.92 Å². The molecule has 0 aliphatic rings. The number of anilines is 1. The van der Waals surface area contributed by atoms with Gasteiger partial charge in [0.25, 0.3) is 0 Å². The summed E-state index contributed by atoms with van der Waals surface area (Å²) in [5.74, 6) is 0. The van der Waals surface area contributed by atoms with Crippen molar-refractivity contribution in [1.82, 2.24) is 4.98 Å². The largest absolute Gasteiger partial charge is 0.399 e. The molecule has 1 aromatic carbocycles. The third-order valence-corrected chi connectivity index (χ3v) is 3.22. The van der Waals surface area contributed by atoms with E-state index in [0.717, 1.165) is 22.1 Å². The van der Waals surface area contributed by atoms with E-state index in [4.69, 9.17) is 5.73 Å². The zero-order valence-electron chi connectivity index (χ0n) is 8.32. The summed E-state index contributed by atoms with van der Waals surface area (Å²) >= 11 is 3.51. The zero-order chi connectivity index (χ0) is 10.3. The van der Waals surface area contributed by atoms with Crippen LogP contribution in [0.25, 0.3) is 10.9 Å². The lowest BCUT2D eigenvalue weighted by Gasteiger charge is -1.97. The van der Waals surface area contributed by atoms with Crippen LogP contribution >= 0.6 is 15.9 Å². The van der Waals surface area contributed by atoms with Crippen LogP contribution in [0.4, 0.5) is 5.69 Å². The topological polar surface area (TPSA) is 41.8 Å². The van der Waals surface area contributed by atoms with E-state index >= 15 is 0 Å². The van der Waals surface area contributed by atoms with Gasteiger partial charge in [-0.3, -0.25) is 0 Å². The van der Waals surface area contributed by atoms with Crippen LogP contribution in [0.15, 0.2) is 16.6 Å². The number of hydrogen-bond acceptors (Lipinski definition) is 1. The standard InChI is InChI=1S/C11H13BrN2/c1-3-10-6(2)8-4-7(13)5-9(12)11(8)14-10/h4-5,14H,3,13H2,1-2H3. The molecule has 0 atom stereocenters. The molecular weight excluding hydrogens is 240 g/mol. The van der Waals surface area contributed by atoms with Crippen molar-refractivity contribution in [2.24, 2.45) is 0 Å². The van der Waals surface area contributed by atoms with E-state index in [2.05, 4.69) is 34.8 Å². The molecule has 14 heavy (non-hydrogen) atoms. The fourth-order valence-corrected chi connectivity index (χ4v) is 2.39. The molecule has 1 heterocycles. The Morgan fingerprint density at radius 3 is 2.79 bits per heavy atom. The molecule has 0 aliphatic carbocycles. The average Bonchev–Trinajstić information content (AvgIpc) is 2.44. The van der Waals surface area contributed by atoms with Gasteiger partial charge in [0, 0.05) is 21.2 Å². The van der Waals surface area contributed by atoms with Gasteiger partial charge in [0.2, 0.25) is 0 Å². The molecule has 2 nitrogen and oxygen atoms in total. The smallest absolute Gasteiger partial charge is 0.0604 e. The maximum atomic E-state index is 5.80. The molecule has 0 aliphatic heterocycles. The summed E-state index contributed by atoms with van der Waals surface area (Å²) in [6, 6.07) is 3.95. The summed E-state index contributed by atoms with van der Waals surface area (Å²) in [6.07, 6.45) is 1.02. The number of rotatable bonds is 1. The summed E-state index contributed by atoms with van der Waals surface area (Å²) in [6.45, 7) is 4.28. The maximum Gasteiger partial charge on any atom is 0.0604 e. The molecule has 0 spiro atoms. The van der Waals surface area contributed by atoms with Crippen LogP contribution < -0.4 is 5.73 Å². The van der Waals surface area contributed by atoms with Crippen LogP contribution in [0.5, 0.6) is 0 Å². The number of nitrogens with two attached hydrogens (primary N) is 1. The highest BCUT2D eigenvalue weighted by Gasteiger charge is 2.08. The Labute approximate surface area is 91.6 Å². The van der Waals surface area contributed by atoms with Crippen LogP contribution in [0.1, 0.15) is 18.2 Å². The molecule has 3 heteroatoms. The SMILES string of the molecule is CCc1[nH]c2c(Br)cc(N)cc2c1C. The molecule has 74 valence electrons. The predicted molar refractivity (Wildman–Crippen MR) is 64.5 cm³/mol. The van der Waals surface area contributed by atoms with Crippen molar-refractivity contribution < 1.29 is 0 Å². The van der Waals surface area contributed by atoms with Crippen molar-refractivity contribution in [2.75, 3.05) is 5.73 Å². The van der Waals surface area contributed by atoms with Crippen molar-refractivity contribution in [3.8, 4) is 0 Å². The van der Waals surface area contributed by atoms with E-state index in [-0.39, 0.29) is 0 Å². The fraction of sp³-hybridized carbons (Fsp3) is 0.273. The van der Waals surface area contributed by atoms with E-state index < -0.39 is 0 Å². The van der Waals surface area contributed by atoms with E-state index in [0.29, 0.717) is 0 Å². The van der Waals surface area contributed by atoms with Gasteiger partial charge in [0.15, 0.2) is 0 Å². The third-order valence-electron chi connectivity index (χ3n) is 2.60. The number of aromatic amines is 1. The molecule has 0 amide bonds. The summed E-state index contributed by atoms with van der Waals surface area (Å²) < 4.78 is 1.04. The highest BCUT2D eigenvalue weighted by molar-refractivity contribution is 9.10. The molecule has 1 aromatic heterocycles. The van der Waals surface area contributed by atoms with Crippen molar-refractivity contribution in [3.05, 3.63) is 27.9 Å². The number of fused-ring (bicyclic) bond motifs is 1. The van der Waals surface area contributed by atoms with Gasteiger partial charge in [-0.2, -0.15) is 0 Å². The van der Waals surface area contributed by atoms with Crippen LogP contribution in [0.2, 0.25) is 0 Å². The fourth-order valence-electron chi connectivity index (χ4n) is 1.81. The van der Waals surface area contributed by atoms with E-state index in [1.165, 1.54) is 16.6 Å². The Kier molecular flexibility index (Phi) is 2.27. The first-order valence-corrected chi connectivity index (χ1v) is 5.49. The van der Waals surface area contributed by atoms with Crippen LogP contribution in [-0.4, -0.2) is 4.98 Å². The highest BCUT2D eigenvalue weighted by atomic mass is 79.9. The number of benzene rings is 1. The number of nitrogens with one attached hydrogen (secondary N) is 1. The molecule has 0 saturated carbocycles. The van der Waals surface area contributed by atoms with E-state index in [1.807, 2.05) is 12.1 Å². The molecule has 2 rings (SSSR count). The Bertz CT molecular complexity index is 485. The average molecular weight is 253 g/mol. The lowest BCUT2D eigenvalue weighted by atomic mass is 10.1. The Hall–Kier alpha value is -0.960. The van der Waals surface area contributed by atoms with Crippen molar-refractivity contribution in [1.29, 1.82) is 0 Å². The van der Waals surface area contributed by atoms with Crippen molar-refractivity contribution in [3.63, 3.8) is 0 Å². The second-order valence-electron chi connectivity index (χ2n) is 3.51. The second kappa shape index (κ2) is 3.31. The molecule has 0 fully saturated rings. The second-order valence-corrected chi connectivity index (χ2v) is 4.36. The lowest BCUT2D eigenvalue weighted by molar-refractivity contribution is 1.05. The molecule has 3 N–H and O–H groups in total. The Morgan fingerprint density at radius 2 is 2.14 bits per heavy atom. The maximum absolute atomic E-state index is 5.80. The van der Waals surface area contributed by atoms with Gasteiger partial charge < -0.3 is 10.7 Å². The summed E-state index contributed by atoms with van der Waals surface area (Å²) in [5, 5.41) is 1.22. The van der Waals surface area contributed by atoms with Gasteiger partial charge in [-0.05, 0) is 47.0 Å². The number of halogens is 1. The Morgan fingerprint density at radius 1 is 1.43 bits per heavy atom. The molecule has 0 bridgehead atoms. The normalized spacial score (nSPS) is 11.1. The summed E-state index contributed by atoms with van der Waals surface area (Å²) in [7, 11) is 0. The molecule has 0 unspecified atom stereocenters. The Balaban J connectivity index is 2.85. The highest BCUT2D eigenvalue weighted by Crippen LogP contribution is 2.30. The van der Waals surface area contributed by atoms with Gasteiger partial charge in [-0.25, -0.2) is 0 Å². The minimum absolute atomic E-state index is 0.800. The summed E-state index contributed by atoms with van der Waals surface area (Å²) in [4.78, 5) is 3.41. The van der Waals surface area contributed by atoms with Crippen molar-refractivity contribution >= 4 is 32.5 Å². The molecule has 0 saturated heterocycles. The van der Waals surface area contributed by atoms with Crippen LogP contribution in [0.3, 0.4) is 0 Å². The minimum atomic E-state index is 0.800. The minimum Gasteiger partial charge on any atom is -0.399 e. The van der Waals surface area contributed by atoms with Gasteiger partial charge >= 0.3 is 0 Å². The third kappa shape index (κ3) is 1.32. The van der Waals surface area contributed by atoms with Crippen LogP contribution in [-0.2, 0) is 6.42 Å². The van der Waals surface area contributed by atoms with Gasteiger partial charge in [0.1, 0.15) is 0 Å². The first-order valence-electron chi connectivity index (χ1n) is 4.69. The predicted octanol–water partition coefficient (Wildman–Crippen LogP) is 3.38. The molecule has 0 radical (unpaired) electrons. The van der Waals surface area contributed by atoms with Gasteiger partial charge in [-0.15, -0.1) is 0 Å². The number of aryl methyl sites for hydroxylation is 2. The lowest BCUT2D eigenvalue weighted by Crippen LogP contribution is -1.84. The first kappa shape index (κ1) is 9.59. The number of nitrogen functional groups attached to an aromatic ring is 1. The summed E-state index contributed by atoms with van der Waals surface area (Å²) in [5.41, 5.74) is 10.3. The zero-order valence-corrected chi connectivity index (χ0v) is 9.90. The van der Waals surface area contributed by atoms with Gasteiger partial charge in [0.05, 0.1) is 5.52 Å². The first-order chi connectivity index (χ1) is 6.63. The molecule has 2 aromatic rings. The van der Waals surface area contributed by atoms with E-state index in [1.54, 1.807) is 0 Å². The number of H-pyrrole nitrogens is 1. The van der Waals surface area contributed by atoms with Crippen molar-refractivity contribution in [2.45, 2.75) is 20.3 Å². The monoisotopic (exact) mass is 252 g/mol. The number of hydrogen-bond donors (Lipinski definition) is 2. The number of aromatic nitrogens is 1. The quantitative estimate of drug-likeness (QED) is 0.751. The van der Waals surface area contributed by atoms with Gasteiger partial charge in [-0.1, -0.05) is 6.92 Å². The van der Waals surface area contributed by atoms with E-state index in [9.17, 15) is 0 Å².